The zero-order valence-electron chi connectivity index (χ0n) is 12.1. The molecule has 2 aliphatic heterocycles. The summed E-state index contributed by atoms with van der Waals surface area (Å²) in [7, 11) is 0. The van der Waals surface area contributed by atoms with Gasteiger partial charge in [-0.1, -0.05) is 0 Å². The molecule has 1 N–H and O–H groups in total. The molecule has 2 aliphatic rings. The largest absolute Gasteiger partial charge is 0.444 e. The average molecular weight is 263 g/mol. The van der Waals surface area contributed by atoms with Crippen molar-refractivity contribution in [3.8, 4) is 0 Å². The number of hydrogen-bond acceptors (Lipinski definition) is 4. The first-order valence-electron chi connectivity index (χ1n) is 7.61. The number of piperidine rings is 1. The summed E-state index contributed by atoms with van der Waals surface area (Å²) in [5, 5.41) is 3.66. The Morgan fingerprint density at radius 1 is 1.32 bits per heavy atom. The van der Waals surface area contributed by atoms with Gasteiger partial charge in [-0.15, -0.1) is 0 Å². The Bertz CT molecular complexity index is 404. The molecule has 1 aromatic heterocycles. The zero-order chi connectivity index (χ0) is 13.2. The van der Waals surface area contributed by atoms with Gasteiger partial charge in [0.2, 0.25) is 5.89 Å². The van der Waals surface area contributed by atoms with Crippen LogP contribution in [0, 0.1) is 19.8 Å². The van der Waals surface area contributed by atoms with E-state index in [9.17, 15) is 0 Å². The van der Waals surface area contributed by atoms with E-state index in [1.165, 1.54) is 45.3 Å². The van der Waals surface area contributed by atoms with Gasteiger partial charge >= 0.3 is 0 Å². The fourth-order valence-electron chi connectivity index (χ4n) is 3.48. The first-order chi connectivity index (χ1) is 9.22. The first-order valence-corrected chi connectivity index (χ1v) is 7.61. The van der Waals surface area contributed by atoms with Crippen LogP contribution >= 0.6 is 0 Å². The molecule has 19 heavy (non-hydrogen) atoms. The molecule has 0 amide bonds. The summed E-state index contributed by atoms with van der Waals surface area (Å²) in [6, 6.07) is 0.746. The summed E-state index contributed by atoms with van der Waals surface area (Å²) in [6.07, 6.45) is 5.38. The number of oxazole rings is 1. The highest BCUT2D eigenvalue weighted by Crippen LogP contribution is 2.25. The molecule has 1 aromatic rings. The summed E-state index contributed by atoms with van der Waals surface area (Å²) in [5.41, 5.74) is 1.03. The van der Waals surface area contributed by atoms with Gasteiger partial charge in [0.1, 0.15) is 5.76 Å². The first kappa shape index (κ1) is 13.1. The van der Waals surface area contributed by atoms with Crippen molar-refractivity contribution >= 4 is 0 Å². The molecular weight excluding hydrogens is 238 g/mol. The van der Waals surface area contributed by atoms with Gasteiger partial charge in [-0.05, 0) is 58.5 Å². The van der Waals surface area contributed by atoms with Crippen LogP contribution in [-0.2, 0) is 6.54 Å². The molecule has 0 aliphatic carbocycles. The topological polar surface area (TPSA) is 41.3 Å². The van der Waals surface area contributed by atoms with Crippen molar-refractivity contribution in [1.29, 1.82) is 0 Å². The van der Waals surface area contributed by atoms with Crippen LogP contribution in [0.4, 0.5) is 0 Å². The molecule has 3 heterocycles. The minimum absolute atomic E-state index is 0.746. The minimum atomic E-state index is 0.746. The predicted octanol–water partition coefficient (Wildman–Crippen LogP) is 2.26. The predicted molar refractivity (Wildman–Crippen MR) is 75.0 cm³/mol. The van der Waals surface area contributed by atoms with Crippen molar-refractivity contribution in [3.05, 3.63) is 17.3 Å². The zero-order valence-corrected chi connectivity index (χ0v) is 12.1. The third-order valence-electron chi connectivity index (χ3n) is 4.64. The number of likely N-dealkylation sites (tertiary alicyclic amines) is 1. The highest BCUT2D eigenvalue weighted by atomic mass is 16.4. The number of hydrogen-bond donors (Lipinski definition) is 1. The van der Waals surface area contributed by atoms with Gasteiger partial charge in [0.05, 0.1) is 12.2 Å². The Morgan fingerprint density at radius 3 is 2.89 bits per heavy atom. The maximum absolute atomic E-state index is 5.71. The Kier molecular flexibility index (Phi) is 3.89. The quantitative estimate of drug-likeness (QED) is 0.908. The summed E-state index contributed by atoms with van der Waals surface area (Å²) < 4.78 is 5.71. The molecule has 2 saturated heterocycles. The molecule has 4 heteroatoms. The van der Waals surface area contributed by atoms with Crippen molar-refractivity contribution < 1.29 is 4.42 Å². The van der Waals surface area contributed by atoms with Crippen LogP contribution in [0.15, 0.2) is 4.42 Å². The molecule has 0 saturated carbocycles. The number of aryl methyl sites for hydroxylation is 2. The third kappa shape index (κ3) is 3.00. The molecule has 0 bridgehead atoms. The van der Waals surface area contributed by atoms with E-state index in [1.54, 1.807) is 0 Å². The molecular formula is C15H25N3O. The highest BCUT2D eigenvalue weighted by Gasteiger charge is 2.29. The standard InChI is InChI=1S/C15H25N3O/c1-11-12(2)19-15(17-11)10-18-8-4-5-13(9-18)14-6-3-7-16-14/h13-14,16H,3-10H2,1-2H3. The second-order valence-corrected chi connectivity index (χ2v) is 6.09. The maximum atomic E-state index is 5.71. The molecule has 2 fully saturated rings. The van der Waals surface area contributed by atoms with Crippen molar-refractivity contribution in [2.24, 2.45) is 5.92 Å². The van der Waals surface area contributed by atoms with Gasteiger partial charge in [0, 0.05) is 12.6 Å². The lowest BCUT2D eigenvalue weighted by Gasteiger charge is -2.35. The van der Waals surface area contributed by atoms with E-state index in [-0.39, 0.29) is 0 Å². The molecule has 2 atom stereocenters. The van der Waals surface area contributed by atoms with Crippen LogP contribution in [0.25, 0.3) is 0 Å². The number of nitrogens with one attached hydrogen (secondary N) is 1. The Labute approximate surface area is 115 Å². The number of rotatable bonds is 3. The highest BCUT2D eigenvalue weighted by molar-refractivity contribution is 5.05. The molecule has 4 nitrogen and oxygen atoms in total. The summed E-state index contributed by atoms with van der Waals surface area (Å²) in [4.78, 5) is 7.02. The van der Waals surface area contributed by atoms with Crippen LogP contribution in [0.1, 0.15) is 43.0 Å². The van der Waals surface area contributed by atoms with Crippen molar-refractivity contribution in [3.63, 3.8) is 0 Å². The van der Waals surface area contributed by atoms with Crippen LogP contribution in [0.3, 0.4) is 0 Å². The van der Waals surface area contributed by atoms with E-state index in [2.05, 4.69) is 15.2 Å². The van der Waals surface area contributed by atoms with E-state index in [4.69, 9.17) is 4.42 Å². The molecule has 106 valence electrons. The molecule has 3 rings (SSSR count). The van der Waals surface area contributed by atoms with Gasteiger partial charge < -0.3 is 9.73 Å². The van der Waals surface area contributed by atoms with Crippen molar-refractivity contribution in [2.75, 3.05) is 19.6 Å². The number of aromatic nitrogens is 1. The summed E-state index contributed by atoms with van der Waals surface area (Å²) in [6.45, 7) is 8.47. The Balaban J connectivity index is 1.58. The van der Waals surface area contributed by atoms with E-state index in [1.807, 2.05) is 13.8 Å². The van der Waals surface area contributed by atoms with Gasteiger partial charge in [-0.3, -0.25) is 4.90 Å². The summed E-state index contributed by atoms with van der Waals surface area (Å²) in [5.74, 6) is 2.66. The fraction of sp³-hybridized carbons (Fsp3) is 0.800. The fourth-order valence-corrected chi connectivity index (χ4v) is 3.48. The second kappa shape index (κ2) is 5.63. The molecule has 0 radical (unpaired) electrons. The minimum Gasteiger partial charge on any atom is -0.444 e. The van der Waals surface area contributed by atoms with Gasteiger partial charge in [-0.2, -0.15) is 0 Å². The second-order valence-electron chi connectivity index (χ2n) is 6.09. The van der Waals surface area contributed by atoms with Crippen LogP contribution < -0.4 is 5.32 Å². The van der Waals surface area contributed by atoms with Gasteiger partial charge in [0.15, 0.2) is 0 Å². The molecule has 0 aromatic carbocycles. The molecule has 0 spiro atoms. The Morgan fingerprint density at radius 2 is 2.21 bits per heavy atom. The lowest BCUT2D eigenvalue weighted by atomic mass is 9.90. The normalized spacial score (nSPS) is 28.9. The van der Waals surface area contributed by atoms with Gasteiger partial charge in [0.25, 0.3) is 0 Å². The number of nitrogens with zero attached hydrogens (tertiary/aromatic N) is 2. The van der Waals surface area contributed by atoms with E-state index < -0.39 is 0 Å². The summed E-state index contributed by atoms with van der Waals surface area (Å²) >= 11 is 0. The lowest BCUT2D eigenvalue weighted by molar-refractivity contribution is 0.134. The van der Waals surface area contributed by atoms with E-state index in [0.29, 0.717) is 0 Å². The third-order valence-corrected chi connectivity index (χ3v) is 4.64. The Hall–Kier alpha value is -0.870. The van der Waals surface area contributed by atoms with Crippen molar-refractivity contribution in [1.82, 2.24) is 15.2 Å². The van der Waals surface area contributed by atoms with Crippen LogP contribution in [0.5, 0.6) is 0 Å². The van der Waals surface area contributed by atoms with Crippen molar-refractivity contribution in [2.45, 2.75) is 52.1 Å². The van der Waals surface area contributed by atoms with Crippen LogP contribution in [-0.4, -0.2) is 35.6 Å². The monoisotopic (exact) mass is 263 g/mol. The SMILES string of the molecule is Cc1nc(CN2CCCC(C3CCCN3)C2)oc1C. The smallest absolute Gasteiger partial charge is 0.208 e. The maximum Gasteiger partial charge on any atom is 0.208 e. The van der Waals surface area contributed by atoms with E-state index >= 15 is 0 Å². The van der Waals surface area contributed by atoms with Gasteiger partial charge in [-0.25, -0.2) is 4.98 Å². The lowest BCUT2D eigenvalue weighted by Crippen LogP contribution is -2.43. The average Bonchev–Trinajstić information content (AvgIpc) is 3.01. The van der Waals surface area contributed by atoms with E-state index in [0.717, 1.165) is 35.8 Å². The molecule has 2 unspecified atom stereocenters. The van der Waals surface area contributed by atoms with Crippen LogP contribution in [0.2, 0.25) is 0 Å².